The van der Waals surface area contributed by atoms with Gasteiger partial charge in [-0.15, -0.1) is 0 Å². The number of hydrogen-bond donors (Lipinski definition) is 1. The average molecular weight is 115 g/mol. The molecular weight excluding hydrogens is 102 g/mol. The van der Waals surface area contributed by atoms with Gasteiger partial charge in [0.15, 0.2) is 0 Å². The topological polar surface area (TPSA) is 21.3 Å². The summed E-state index contributed by atoms with van der Waals surface area (Å²) in [6, 6.07) is 0. The van der Waals surface area contributed by atoms with E-state index in [9.17, 15) is 0 Å². The summed E-state index contributed by atoms with van der Waals surface area (Å²) in [5.74, 6) is 0.833. The van der Waals surface area contributed by atoms with Gasteiger partial charge < -0.3 is 10.1 Å². The van der Waals surface area contributed by atoms with Crippen LogP contribution in [0.5, 0.6) is 0 Å². The van der Waals surface area contributed by atoms with Crippen molar-refractivity contribution < 1.29 is 4.74 Å². The Morgan fingerprint density at radius 1 is 1.75 bits per heavy atom. The number of nitrogens with one attached hydrogen (secondary N) is 1. The van der Waals surface area contributed by atoms with Crippen LogP contribution >= 0.6 is 0 Å². The highest BCUT2D eigenvalue weighted by molar-refractivity contribution is 4.81. The summed E-state index contributed by atoms with van der Waals surface area (Å²) in [4.78, 5) is 0. The van der Waals surface area contributed by atoms with Gasteiger partial charge >= 0.3 is 0 Å². The molecule has 0 unspecified atom stereocenters. The number of methoxy groups -OCH3 is 1. The first-order valence-electron chi connectivity index (χ1n) is 2.67. The van der Waals surface area contributed by atoms with Crippen LogP contribution in [0, 0.1) is 0 Å². The molecule has 0 aromatic heterocycles. The zero-order chi connectivity index (χ0) is 6.41. The monoisotopic (exact) mass is 115 g/mol. The molecule has 0 amide bonds. The van der Waals surface area contributed by atoms with Crippen LogP contribution in [0.2, 0.25) is 0 Å². The summed E-state index contributed by atoms with van der Waals surface area (Å²) in [5, 5.41) is 2.99. The molecule has 0 rings (SSSR count). The van der Waals surface area contributed by atoms with Crippen molar-refractivity contribution in [1.29, 1.82) is 0 Å². The van der Waals surface area contributed by atoms with E-state index in [1.54, 1.807) is 7.11 Å². The van der Waals surface area contributed by atoms with Crippen molar-refractivity contribution in [3.05, 3.63) is 12.3 Å². The van der Waals surface area contributed by atoms with Crippen LogP contribution in [0.3, 0.4) is 0 Å². The number of rotatable bonds is 4. The molecule has 2 heteroatoms. The lowest BCUT2D eigenvalue weighted by molar-refractivity contribution is 0.279. The van der Waals surface area contributed by atoms with Gasteiger partial charge in [0.25, 0.3) is 0 Å². The molecule has 48 valence electrons. The third kappa shape index (κ3) is 3.68. The lowest BCUT2D eigenvalue weighted by Gasteiger charge is -2.00. The second kappa shape index (κ2) is 4.65. The van der Waals surface area contributed by atoms with E-state index in [0.29, 0.717) is 0 Å². The zero-order valence-electron chi connectivity index (χ0n) is 5.53. The van der Waals surface area contributed by atoms with Gasteiger partial charge in [0.1, 0.15) is 0 Å². The standard InChI is InChI=1S/C6H13NO/c1-6(8-3)4-5-7-2/h7H,1,4-5H2,2-3H3. The second-order valence-electron chi connectivity index (χ2n) is 1.60. The highest BCUT2D eigenvalue weighted by Crippen LogP contribution is 1.93. The Hall–Kier alpha value is -0.500. The molecule has 0 atom stereocenters. The molecule has 0 aliphatic heterocycles. The Morgan fingerprint density at radius 2 is 2.38 bits per heavy atom. The fraction of sp³-hybridized carbons (Fsp3) is 0.667. The molecule has 0 saturated heterocycles. The third-order valence-corrected chi connectivity index (χ3v) is 0.943. The number of ether oxygens (including phenoxy) is 1. The molecule has 0 fully saturated rings. The van der Waals surface area contributed by atoms with Crippen molar-refractivity contribution in [3.8, 4) is 0 Å². The van der Waals surface area contributed by atoms with Crippen LogP contribution in [0.25, 0.3) is 0 Å². The van der Waals surface area contributed by atoms with Gasteiger partial charge in [0.2, 0.25) is 0 Å². The normalized spacial score (nSPS) is 8.75. The Labute approximate surface area is 50.5 Å². The third-order valence-electron chi connectivity index (χ3n) is 0.943. The summed E-state index contributed by atoms with van der Waals surface area (Å²) in [5.41, 5.74) is 0. The molecule has 0 heterocycles. The van der Waals surface area contributed by atoms with E-state index in [1.165, 1.54) is 0 Å². The maximum Gasteiger partial charge on any atom is 0.0896 e. The Bertz CT molecular complexity index is 70.9. The maximum atomic E-state index is 4.82. The predicted molar refractivity (Wildman–Crippen MR) is 34.7 cm³/mol. The van der Waals surface area contributed by atoms with E-state index in [-0.39, 0.29) is 0 Å². The van der Waals surface area contributed by atoms with E-state index >= 15 is 0 Å². The molecule has 0 aliphatic rings. The minimum absolute atomic E-state index is 0.833. The summed E-state index contributed by atoms with van der Waals surface area (Å²) in [6.07, 6.45) is 0.896. The summed E-state index contributed by atoms with van der Waals surface area (Å²) < 4.78 is 4.82. The summed E-state index contributed by atoms with van der Waals surface area (Å²) >= 11 is 0. The van der Waals surface area contributed by atoms with Crippen LogP contribution in [0.4, 0.5) is 0 Å². The van der Waals surface area contributed by atoms with Crippen LogP contribution in [-0.4, -0.2) is 20.7 Å². The van der Waals surface area contributed by atoms with Crippen molar-refractivity contribution in [1.82, 2.24) is 5.32 Å². The molecule has 0 aromatic rings. The van der Waals surface area contributed by atoms with E-state index in [4.69, 9.17) is 4.74 Å². The minimum Gasteiger partial charge on any atom is -0.502 e. The van der Waals surface area contributed by atoms with Gasteiger partial charge in [-0.1, -0.05) is 6.58 Å². The van der Waals surface area contributed by atoms with Crippen molar-refractivity contribution in [2.45, 2.75) is 6.42 Å². The van der Waals surface area contributed by atoms with Gasteiger partial charge in [-0.05, 0) is 7.05 Å². The van der Waals surface area contributed by atoms with E-state index < -0.39 is 0 Å². The van der Waals surface area contributed by atoms with E-state index in [2.05, 4.69) is 11.9 Å². The van der Waals surface area contributed by atoms with E-state index in [0.717, 1.165) is 18.7 Å². The van der Waals surface area contributed by atoms with Gasteiger partial charge in [0, 0.05) is 13.0 Å². The largest absolute Gasteiger partial charge is 0.502 e. The molecule has 0 aromatic carbocycles. The quantitative estimate of drug-likeness (QED) is 0.546. The van der Waals surface area contributed by atoms with Crippen molar-refractivity contribution in [2.24, 2.45) is 0 Å². The second-order valence-corrected chi connectivity index (χ2v) is 1.60. The maximum absolute atomic E-state index is 4.82. The SMILES string of the molecule is C=C(CCNC)OC. The van der Waals surface area contributed by atoms with Crippen molar-refractivity contribution in [3.63, 3.8) is 0 Å². The molecule has 0 spiro atoms. The van der Waals surface area contributed by atoms with Gasteiger partial charge in [-0.3, -0.25) is 0 Å². The summed E-state index contributed by atoms with van der Waals surface area (Å²) in [7, 11) is 3.54. The fourth-order valence-corrected chi connectivity index (χ4v) is 0.366. The predicted octanol–water partition coefficient (Wildman–Crippen LogP) is 0.756. The van der Waals surface area contributed by atoms with Gasteiger partial charge in [0.05, 0.1) is 12.9 Å². The highest BCUT2D eigenvalue weighted by Gasteiger charge is 1.86. The highest BCUT2D eigenvalue weighted by atomic mass is 16.5. The molecular formula is C6H13NO. The molecule has 0 aliphatic carbocycles. The minimum atomic E-state index is 0.833. The first-order valence-corrected chi connectivity index (χ1v) is 2.67. The summed E-state index contributed by atoms with van der Waals surface area (Å²) in [6.45, 7) is 4.59. The average Bonchev–Trinajstić information content (AvgIpc) is 1.83. The zero-order valence-corrected chi connectivity index (χ0v) is 5.53. The molecule has 0 bridgehead atoms. The molecule has 0 saturated carbocycles. The van der Waals surface area contributed by atoms with E-state index in [1.807, 2.05) is 7.05 Å². The van der Waals surface area contributed by atoms with Crippen molar-refractivity contribution >= 4 is 0 Å². The van der Waals surface area contributed by atoms with Crippen LogP contribution in [0.1, 0.15) is 6.42 Å². The van der Waals surface area contributed by atoms with Crippen LogP contribution in [0.15, 0.2) is 12.3 Å². The Balaban J connectivity index is 2.99. The van der Waals surface area contributed by atoms with Crippen molar-refractivity contribution in [2.75, 3.05) is 20.7 Å². The molecule has 0 radical (unpaired) electrons. The lowest BCUT2D eigenvalue weighted by atomic mass is 10.4. The van der Waals surface area contributed by atoms with Gasteiger partial charge in [-0.2, -0.15) is 0 Å². The Morgan fingerprint density at radius 3 is 2.75 bits per heavy atom. The first-order chi connectivity index (χ1) is 3.81. The Kier molecular flexibility index (Phi) is 4.36. The molecule has 1 N–H and O–H groups in total. The number of hydrogen-bond acceptors (Lipinski definition) is 2. The van der Waals surface area contributed by atoms with Gasteiger partial charge in [-0.25, -0.2) is 0 Å². The molecule has 8 heavy (non-hydrogen) atoms. The fourth-order valence-electron chi connectivity index (χ4n) is 0.366. The molecule has 2 nitrogen and oxygen atoms in total. The first kappa shape index (κ1) is 7.50. The van der Waals surface area contributed by atoms with Crippen LogP contribution < -0.4 is 5.32 Å². The van der Waals surface area contributed by atoms with Crippen LogP contribution in [-0.2, 0) is 4.74 Å². The lowest BCUT2D eigenvalue weighted by Crippen LogP contribution is -2.08. The smallest absolute Gasteiger partial charge is 0.0896 e.